The van der Waals surface area contributed by atoms with E-state index in [1.54, 1.807) is 0 Å². The van der Waals surface area contributed by atoms with Crippen molar-refractivity contribution >= 4 is 34.9 Å². The van der Waals surface area contributed by atoms with E-state index in [-0.39, 0.29) is 23.3 Å². The number of benzene rings is 2. The molecule has 0 atom stereocenters. The van der Waals surface area contributed by atoms with Crippen LogP contribution in [0.3, 0.4) is 0 Å². The SMILES string of the molecule is CN(C)C(=O)/C=C(/N(N)C(=O)N(F)c1ccc(Oc2ccccc2[N+](=O)[O-])cc1Cl)C(F)(F)F. The van der Waals surface area contributed by atoms with Gasteiger partial charge in [0.25, 0.3) is 0 Å². The molecule has 2 aromatic rings. The van der Waals surface area contributed by atoms with Gasteiger partial charge in [-0.05, 0) is 18.2 Å². The Hall–Kier alpha value is -3.91. The zero-order valence-corrected chi connectivity index (χ0v) is 18.2. The van der Waals surface area contributed by atoms with E-state index < -0.39 is 49.6 Å². The topological polar surface area (TPSA) is 122 Å². The lowest BCUT2D eigenvalue weighted by Gasteiger charge is -2.25. The molecule has 0 spiro atoms. The predicted octanol–water partition coefficient (Wildman–Crippen LogP) is 4.56. The normalized spacial score (nSPS) is 11.6. The van der Waals surface area contributed by atoms with E-state index in [0.29, 0.717) is 0 Å². The molecule has 0 aromatic heterocycles. The van der Waals surface area contributed by atoms with E-state index in [0.717, 1.165) is 37.2 Å². The minimum atomic E-state index is -5.27. The van der Waals surface area contributed by atoms with Gasteiger partial charge in [-0.1, -0.05) is 28.2 Å². The molecule has 0 bridgehead atoms. The van der Waals surface area contributed by atoms with Gasteiger partial charge in [0.15, 0.2) is 0 Å². The molecule has 0 aliphatic rings. The predicted molar refractivity (Wildman–Crippen MR) is 112 cm³/mol. The fourth-order valence-corrected chi connectivity index (χ4v) is 2.61. The molecule has 3 amide bonds. The number of hydrogen-bond acceptors (Lipinski definition) is 6. The fraction of sp³-hybridized carbons (Fsp3) is 0.158. The van der Waals surface area contributed by atoms with E-state index in [2.05, 4.69) is 0 Å². The number of anilines is 1. The first-order valence-electron chi connectivity index (χ1n) is 8.99. The van der Waals surface area contributed by atoms with Crippen LogP contribution in [0.5, 0.6) is 11.5 Å². The molecule has 0 radical (unpaired) electrons. The summed E-state index contributed by atoms with van der Waals surface area (Å²) in [7, 11) is 2.31. The number of carbonyl (C=O) groups is 2. The van der Waals surface area contributed by atoms with Crippen molar-refractivity contribution in [3.8, 4) is 11.5 Å². The summed E-state index contributed by atoms with van der Waals surface area (Å²) < 4.78 is 59.9. The Morgan fingerprint density at radius 3 is 2.32 bits per heavy atom. The smallest absolute Gasteiger partial charge is 0.433 e. The summed E-state index contributed by atoms with van der Waals surface area (Å²) in [6.07, 6.45) is -5.25. The van der Waals surface area contributed by atoms with Gasteiger partial charge in [-0.2, -0.15) is 13.2 Å². The fourth-order valence-electron chi connectivity index (χ4n) is 2.37. The number of nitrogens with zero attached hydrogens (tertiary/aromatic N) is 4. The van der Waals surface area contributed by atoms with Gasteiger partial charge in [0, 0.05) is 32.3 Å². The molecule has 182 valence electrons. The molecule has 0 aliphatic carbocycles. The van der Waals surface area contributed by atoms with E-state index in [1.807, 2.05) is 0 Å². The van der Waals surface area contributed by atoms with Gasteiger partial charge < -0.3 is 9.64 Å². The summed E-state index contributed by atoms with van der Waals surface area (Å²) in [5.41, 5.74) is -3.01. The van der Waals surface area contributed by atoms with Gasteiger partial charge >= 0.3 is 17.9 Å². The second-order valence-corrected chi connectivity index (χ2v) is 7.04. The summed E-state index contributed by atoms with van der Waals surface area (Å²) >= 11 is 5.93. The maximum Gasteiger partial charge on any atom is 0.433 e. The van der Waals surface area contributed by atoms with E-state index in [9.17, 15) is 37.4 Å². The highest BCUT2D eigenvalue weighted by Gasteiger charge is 2.42. The minimum absolute atomic E-state index is 0.0249. The second kappa shape index (κ2) is 10.4. The Morgan fingerprint density at radius 2 is 1.79 bits per heavy atom. The molecule has 2 N–H and O–H groups in total. The number of hydrogen-bond donors (Lipinski definition) is 1. The van der Waals surface area contributed by atoms with Crippen molar-refractivity contribution in [3.05, 3.63) is 69.4 Å². The Bertz CT molecular complexity index is 1140. The Labute approximate surface area is 194 Å². The number of halogens is 5. The number of nitro groups is 1. The van der Waals surface area contributed by atoms with Crippen molar-refractivity contribution < 1.29 is 36.9 Å². The van der Waals surface area contributed by atoms with Crippen molar-refractivity contribution in [2.45, 2.75) is 6.18 Å². The lowest BCUT2D eigenvalue weighted by Crippen LogP contribution is -2.47. The molecule has 34 heavy (non-hydrogen) atoms. The summed E-state index contributed by atoms with van der Waals surface area (Å²) in [4.78, 5) is 35.1. The number of hydrazine groups is 1. The number of likely N-dealkylation sites (N-methyl/N-ethyl adjacent to an activating group) is 1. The molecular weight excluding hydrogens is 490 g/mol. The van der Waals surface area contributed by atoms with Gasteiger partial charge in [-0.25, -0.2) is 15.6 Å². The number of nitro benzene ring substituents is 1. The largest absolute Gasteiger partial charge is 0.450 e. The second-order valence-electron chi connectivity index (χ2n) is 6.63. The number of amides is 3. The van der Waals surface area contributed by atoms with E-state index in [4.69, 9.17) is 22.2 Å². The number of rotatable bonds is 6. The Morgan fingerprint density at radius 1 is 1.18 bits per heavy atom. The molecule has 0 fully saturated rings. The van der Waals surface area contributed by atoms with Gasteiger partial charge in [0.1, 0.15) is 11.4 Å². The highest BCUT2D eigenvalue weighted by molar-refractivity contribution is 6.33. The average Bonchev–Trinajstić information content (AvgIpc) is 2.75. The first kappa shape index (κ1) is 26.3. The molecular formula is C19H16ClF4N5O5. The number of ether oxygens (including phenoxy) is 1. The highest BCUT2D eigenvalue weighted by atomic mass is 35.5. The third-order valence-electron chi connectivity index (χ3n) is 4.05. The van der Waals surface area contributed by atoms with E-state index in [1.165, 1.54) is 24.3 Å². The lowest BCUT2D eigenvalue weighted by molar-refractivity contribution is -0.385. The van der Waals surface area contributed by atoms with Crippen LogP contribution in [0.4, 0.5) is 33.8 Å². The van der Waals surface area contributed by atoms with Crippen LogP contribution in [0.15, 0.2) is 54.2 Å². The van der Waals surface area contributed by atoms with Gasteiger partial charge in [0.05, 0.1) is 15.6 Å². The minimum Gasteiger partial charge on any atom is -0.450 e. The van der Waals surface area contributed by atoms with Gasteiger partial charge in [0.2, 0.25) is 11.7 Å². The van der Waals surface area contributed by atoms with Crippen LogP contribution in [0.25, 0.3) is 0 Å². The zero-order valence-electron chi connectivity index (χ0n) is 17.4. The van der Waals surface area contributed by atoms with Crippen molar-refractivity contribution in [2.24, 2.45) is 5.84 Å². The van der Waals surface area contributed by atoms with E-state index >= 15 is 0 Å². The van der Waals surface area contributed by atoms with Gasteiger partial charge in [-0.3, -0.25) is 14.9 Å². The molecule has 0 heterocycles. The van der Waals surface area contributed by atoms with Crippen LogP contribution in [0.2, 0.25) is 5.02 Å². The van der Waals surface area contributed by atoms with Crippen molar-refractivity contribution in [1.82, 2.24) is 9.91 Å². The molecule has 15 heteroatoms. The molecule has 0 saturated carbocycles. The third kappa shape index (κ3) is 6.11. The summed E-state index contributed by atoms with van der Waals surface area (Å²) in [6.45, 7) is 0. The monoisotopic (exact) mass is 505 g/mol. The number of urea groups is 1. The highest BCUT2D eigenvalue weighted by Crippen LogP contribution is 2.36. The van der Waals surface area contributed by atoms with Crippen molar-refractivity contribution in [3.63, 3.8) is 0 Å². The number of alkyl halides is 3. The van der Waals surface area contributed by atoms with Crippen LogP contribution >= 0.6 is 11.6 Å². The molecule has 0 aliphatic heterocycles. The standard InChI is InChI=1S/C19H16ClF4N5O5/c1-26(2)17(30)10-16(19(21,22)23)28(25)18(31)27(24)13-8-7-11(9-12(13)20)34-15-6-4-3-5-14(15)29(32)33/h3-10H,25H2,1-2H3/b16-10+. The molecule has 0 unspecified atom stereocenters. The summed E-state index contributed by atoms with van der Waals surface area (Å²) in [6, 6.07) is 6.24. The van der Waals surface area contributed by atoms with Crippen LogP contribution in [-0.4, -0.2) is 47.0 Å². The Kier molecular flexibility index (Phi) is 8.02. The van der Waals surface area contributed by atoms with Crippen molar-refractivity contribution in [2.75, 3.05) is 19.2 Å². The molecule has 2 aromatic carbocycles. The van der Waals surface area contributed by atoms with Gasteiger partial charge in [-0.15, -0.1) is 5.12 Å². The molecule has 10 nitrogen and oxygen atoms in total. The van der Waals surface area contributed by atoms with Crippen LogP contribution < -0.4 is 15.7 Å². The molecule has 2 rings (SSSR count). The number of nitrogens with two attached hydrogens (primary N) is 1. The maximum atomic E-state index is 14.7. The zero-order chi connectivity index (χ0) is 25.8. The number of para-hydroxylation sites is 2. The average molecular weight is 506 g/mol. The Balaban J connectivity index is 2.31. The summed E-state index contributed by atoms with van der Waals surface area (Å²) in [5, 5.41) is 9.22. The van der Waals surface area contributed by atoms with Crippen LogP contribution in [-0.2, 0) is 4.79 Å². The number of carbonyl (C=O) groups excluding carboxylic acids is 2. The number of allylic oxidation sites excluding steroid dienone is 1. The van der Waals surface area contributed by atoms with Crippen LogP contribution in [0, 0.1) is 10.1 Å². The first-order chi connectivity index (χ1) is 15.7. The van der Waals surface area contributed by atoms with Crippen molar-refractivity contribution in [1.29, 1.82) is 0 Å². The third-order valence-corrected chi connectivity index (χ3v) is 4.35. The van der Waals surface area contributed by atoms with Crippen LogP contribution in [0.1, 0.15) is 0 Å². The quantitative estimate of drug-likeness (QED) is 0.117. The first-order valence-corrected chi connectivity index (χ1v) is 9.37. The summed E-state index contributed by atoms with van der Waals surface area (Å²) in [5.74, 6) is 3.76. The lowest BCUT2D eigenvalue weighted by atomic mass is 10.2. The molecule has 0 saturated heterocycles. The maximum absolute atomic E-state index is 14.7.